The molecule has 3 rings (SSSR count). The molecular weight excluding hydrogens is 1040 g/mol. The molecule has 0 atom stereocenters. The van der Waals surface area contributed by atoms with Crippen molar-refractivity contribution in [2.45, 2.75) is 102 Å². The van der Waals surface area contributed by atoms with Crippen molar-refractivity contribution in [1.82, 2.24) is 47.1 Å². The van der Waals surface area contributed by atoms with Crippen LogP contribution in [0.15, 0.2) is 0 Å². The van der Waals surface area contributed by atoms with Crippen LogP contribution in [-0.4, -0.2) is 224 Å². The van der Waals surface area contributed by atoms with E-state index in [4.69, 9.17) is 42.9 Å². The predicted octanol–water partition coefficient (Wildman–Crippen LogP) is -3.10. The number of nitrogens with one attached hydrogen (secondary N) is 6. The Hall–Kier alpha value is -6.12. The number of nitrogens with zero attached hydrogens (tertiary/aromatic N) is 3. The van der Waals surface area contributed by atoms with E-state index < -0.39 is 59.5 Å². The molecule has 0 aromatic carbocycles. The molecule has 3 heterocycles. The average molecular weight is 1120 g/mol. The second-order valence-corrected chi connectivity index (χ2v) is 17.5. The summed E-state index contributed by atoms with van der Waals surface area (Å²) in [6, 6.07) is 0. The number of rotatable bonds is 47. The van der Waals surface area contributed by atoms with E-state index in [9.17, 15) is 57.5 Å². The Morgan fingerprint density at radius 3 is 0.936 bits per heavy atom. The number of hydroxylamine groups is 6. The molecule has 3 saturated heterocycles. The maximum atomic E-state index is 12.1. The molecule has 0 radical (unpaired) electrons. The summed E-state index contributed by atoms with van der Waals surface area (Å²) in [4.78, 5) is 156. The van der Waals surface area contributed by atoms with Gasteiger partial charge in [-0.2, -0.15) is 0 Å². The van der Waals surface area contributed by atoms with Crippen LogP contribution in [0.25, 0.3) is 0 Å². The van der Waals surface area contributed by atoms with Gasteiger partial charge in [0.05, 0.1) is 72.7 Å². The third kappa shape index (κ3) is 30.7. The molecule has 3 fully saturated rings. The van der Waals surface area contributed by atoms with Crippen molar-refractivity contribution in [2.75, 3.05) is 132 Å². The molecule has 0 aromatic heterocycles. The van der Waals surface area contributed by atoms with Gasteiger partial charge in [-0.1, -0.05) is 0 Å². The van der Waals surface area contributed by atoms with Crippen LogP contribution in [-0.2, 0) is 100 Å². The van der Waals surface area contributed by atoms with Crippen LogP contribution >= 0.6 is 0 Å². The molecule has 440 valence electrons. The number of hydrogen-bond acceptors (Lipinski definition) is 24. The number of amides is 9. The highest BCUT2D eigenvalue weighted by Gasteiger charge is 2.34. The molecule has 3 aliphatic rings. The number of hydrogen-bond donors (Lipinski definition) is 6. The van der Waals surface area contributed by atoms with Crippen LogP contribution in [0.3, 0.4) is 0 Å². The van der Waals surface area contributed by atoms with Crippen LogP contribution in [0.4, 0.5) is 0 Å². The molecule has 3 aliphatic heterocycles. The zero-order chi connectivity index (χ0) is 56.6. The van der Waals surface area contributed by atoms with Gasteiger partial charge in [-0.05, 0) is 19.3 Å². The standard InChI is InChI=1S/C48H77N9O21/c58-37(4-1-7-46(67)76-55-40(61)10-11-41(55)62)52-19-16-49-22-25-70-28-30-73-34-36(75-33-32-72-27-24-51-18-21-54-39(60)6-3-9-48(69)78-57-44(65)14-15-45(57)66)35-74-31-29-71-26-23-50-17-20-53-38(59)5-2-8-47(68)77-56-42(63)12-13-43(56)64/h36,49-51H,1-35H2,(H,52,58)(H,53,59)(H,54,60). The molecule has 0 saturated carbocycles. The van der Waals surface area contributed by atoms with Gasteiger partial charge in [-0.3, -0.25) is 43.2 Å². The first-order valence-corrected chi connectivity index (χ1v) is 26.4. The molecule has 0 unspecified atom stereocenters. The van der Waals surface area contributed by atoms with Gasteiger partial charge in [0.2, 0.25) is 17.7 Å². The lowest BCUT2D eigenvalue weighted by atomic mass is 10.2. The molecule has 78 heavy (non-hydrogen) atoms. The Balaban J connectivity index is 1.19. The average Bonchev–Trinajstić information content (AvgIpc) is 4.03. The molecule has 30 nitrogen and oxygen atoms in total. The van der Waals surface area contributed by atoms with Gasteiger partial charge in [0.25, 0.3) is 35.4 Å². The minimum Gasteiger partial charge on any atom is -0.378 e. The second-order valence-electron chi connectivity index (χ2n) is 17.5. The summed E-state index contributed by atoms with van der Waals surface area (Å²) in [7, 11) is 0. The molecule has 30 heteroatoms. The van der Waals surface area contributed by atoms with Crippen molar-refractivity contribution in [1.29, 1.82) is 0 Å². The van der Waals surface area contributed by atoms with E-state index in [1.807, 2.05) is 0 Å². The largest absolute Gasteiger partial charge is 0.378 e. The number of carbonyl (C=O) groups is 12. The van der Waals surface area contributed by atoms with Crippen LogP contribution in [0.2, 0.25) is 0 Å². The van der Waals surface area contributed by atoms with Gasteiger partial charge in [-0.15, -0.1) is 15.2 Å². The SMILES string of the molecule is O=C(CCCC(=O)ON1C(=O)CCC1=O)NCCNCCOCCOCC(COCCOCCNCCNC(=O)CCCC(=O)ON1C(=O)CCC1=O)OCCOCCNCCNC(=O)CCCC(=O)ON1C(=O)CCC1=O. The Morgan fingerprint density at radius 1 is 0.346 bits per heavy atom. The number of ether oxygens (including phenoxy) is 6. The van der Waals surface area contributed by atoms with E-state index in [0.717, 1.165) is 0 Å². The first kappa shape index (κ1) is 66.2. The monoisotopic (exact) mass is 1120 g/mol. The summed E-state index contributed by atoms with van der Waals surface area (Å²) >= 11 is 0. The number of carbonyl (C=O) groups excluding carboxylic acids is 12. The van der Waals surface area contributed by atoms with E-state index in [-0.39, 0.29) is 134 Å². The Bertz CT molecular complexity index is 1810. The summed E-state index contributed by atoms with van der Waals surface area (Å²) in [6.45, 7) is 7.46. The van der Waals surface area contributed by atoms with Crippen molar-refractivity contribution < 1.29 is 100 Å². The fourth-order valence-electron chi connectivity index (χ4n) is 6.93. The molecule has 0 aliphatic carbocycles. The first-order chi connectivity index (χ1) is 37.7. The van der Waals surface area contributed by atoms with Gasteiger partial charge in [0.1, 0.15) is 6.10 Å². The van der Waals surface area contributed by atoms with Gasteiger partial charge in [0.15, 0.2) is 0 Å². The van der Waals surface area contributed by atoms with Crippen molar-refractivity contribution in [2.24, 2.45) is 0 Å². The Morgan fingerprint density at radius 2 is 0.628 bits per heavy atom. The smallest absolute Gasteiger partial charge is 0.333 e. The Labute approximate surface area is 451 Å². The maximum Gasteiger partial charge on any atom is 0.333 e. The summed E-state index contributed by atoms with van der Waals surface area (Å²) in [5.41, 5.74) is 0. The Kier molecular flexibility index (Phi) is 34.8. The van der Waals surface area contributed by atoms with Crippen LogP contribution in [0.1, 0.15) is 96.3 Å². The molecule has 9 amide bonds. The normalized spacial score (nSPS) is 14.5. The van der Waals surface area contributed by atoms with Crippen molar-refractivity contribution >= 4 is 71.1 Å². The van der Waals surface area contributed by atoms with Crippen LogP contribution in [0.5, 0.6) is 0 Å². The highest BCUT2D eigenvalue weighted by molar-refractivity contribution is 6.03. The van der Waals surface area contributed by atoms with Crippen molar-refractivity contribution in [3.05, 3.63) is 0 Å². The summed E-state index contributed by atoms with van der Waals surface area (Å²) in [5.74, 6) is -6.40. The van der Waals surface area contributed by atoms with E-state index >= 15 is 0 Å². The molecule has 0 spiro atoms. The van der Waals surface area contributed by atoms with Crippen LogP contribution in [0, 0.1) is 0 Å². The first-order valence-electron chi connectivity index (χ1n) is 26.4. The lowest BCUT2D eigenvalue weighted by Gasteiger charge is -2.19. The minimum atomic E-state index is -0.756. The molecular formula is C48H77N9O21. The summed E-state index contributed by atoms with van der Waals surface area (Å²) < 4.78 is 34.5. The van der Waals surface area contributed by atoms with E-state index in [1.54, 1.807) is 0 Å². The van der Waals surface area contributed by atoms with E-state index in [0.29, 0.717) is 127 Å². The van der Waals surface area contributed by atoms with Gasteiger partial charge >= 0.3 is 17.9 Å². The summed E-state index contributed by atoms with van der Waals surface area (Å²) in [6.07, 6.45) is 0.0841. The van der Waals surface area contributed by atoms with Gasteiger partial charge in [-0.25, -0.2) is 14.4 Å². The highest BCUT2D eigenvalue weighted by atomic mass is 16.7. The highest BCUT2D eigenvalue weighted by Crippen LogP contribution is 2.15. The topological polar surface area (TPSA) is 370 Å². The third-order valence-corrected chi connectivity index (χ3v) is 11.0. The number of imide groups is 3. The van der Waals surface area contributed by atoms with Crippen molar-refractivity contribution in [3.8, 4) is 0 Å². The maximum absolute atomic E-state index is 12.1. The lowest BCUT2D eigenvalue weighted by molar-refractivity contribution is -0.197. The zero-order valence-corrected chi connectivity index (χ0v) is 44.2. The fourth-order valence-corrected chi connectivity index (χ4v) is 6.93. The quantitative estimate of drug-likeness (QED) is 0.0260. The van der Waals surface area contributed by atoms with E-state index in [1.165, 1.54) is 0 Å². The zero-order valence-electron chi connectivity index (χ0n) is 44.2. The van der Waals surface area contributed by atoms with Crippen molar-refractivity contribution in [3.63, 3.8) is 0 Å². The summed E-state index contributed by atoms with van der Waals surface area (Å²) in [5, 5.41) is 19.1. The fraction of sp³-hybridized carbons (Fsp3) is 0.750. The van der Waals surface area contributed by atoms with Gasteiger partial charge in [0, 0.05) is 136 Å². The van der Waals surface area contributed by atoms with Gasteiger partial charge < -0.3 is 74.8 Å². The molecule has 0 bridgehead atoms. The van der Waals surface area contributed by atoms with Crippen LogP contribution < -0.4 is 31.9 Å². The molecule has 6 N–H and O–H groups in total. The molecule has 0 aromatic rings. The minimum absolute atomic E-state index is 0.00322. The second kappa shape index (κ2) is 41.0. The lowest BCUT2D eigenvalue weighted by Crippen LogP contribution is -2.34. The van der Waals surface area contributed by atoms with E-state index in [2.05, 4.69) is 31.9 Å². The third-order valence-electron chi connectivity index (χ3n) is 11.0. The predicted molar refractivity (Wildman–Crippen MR) is 265 cm³/mol.